The second-order valence-electron chi connectivity index (χ2n) is 8.77. The van der Waals surface area contributed by atoms with Gasteiger partial charge in [-0.1, -0.05) is 51.8 Å². The van der Waals surface area contributed by atoms with Crippen molar-refractivity contribution < 1.29 is 4.79 Å². The fraction of sp³-hybridized carbons (Fsp3) is 0.783. The summed E-state index contributed by atoms with van der Waals surface area (Å²) < 4.78 is 0. The van der Waals surface area contributed by atoms with Crippen LogP contribution in [0.2, 0.25) is 0 Å². The van der Waals surface area contributed by atoms with Crippen LogP contribution in [0, 0.1) is 28.6 Å². The highest BCUT2D eigenvalue weighted by atomic mass is 16.1. The number of allylic oxidation sites excluding steroid dienone is 4. The molecule has 0 aliphatic heterocycles. The van der Waals surface area contributed by atoms with E-state index in [1.165, 1.54) is 51.4 Å². The van der Waals surface area contributed by atoms with E-state index in [2.05, 4.69) is 32.9 Å². The van der Waals surface area contributed by atoms with Gasteiger partial charge in [-0.25, -0.2) is 0 Å². The Bertz CT molecular complexity index is 502. The fourth-order valence-corrected chi connectivity index (χ4v) is 6.46. The lowest BCUT2D eigenvalue weighted by atomic mass is 9.49. The summed E-state index contributed by atoms with van der Waals surface area (Å²) in [6, 6.07) is 0. The van der Waals surface area contributed by atoms with Crippen LogP contribution in [-0.2, 0) is 4.79 Å². The van der Waals surface area contributed by atoms with Gasteiger partial charge >= 0.3 is 0 Å². The Kier molecular flexibility index (Phi) is 6.15. The number of hydrogen-bond acceptors (Lipinski definition) is 1. The summed E-state index contributed by atoms with van der Waals surface area (Å²) in [4.78, 5) is 8.00. The van der Waals surface area contributed by atoms with Crippen LogP contribution in [-0.4, -0.2) is 6.79 Å². The summed E-state index contributed by atoms with van der Waals surface area (Å²) in [5.74, 6) is 3.00. The second kappa shape index (κ2) is 7.58. The van der Waals surface area contributed by atoms with E-state index in [-0.39, 0.29) is 0 Å². The highest BCUT2D eigenvalue weighted by molar-refractivity contribution is 5.36. The lowest BCUT2D eigenvalue weighted by Crippen LogP contribution is -2.47. The van der Waals surface area contributed by atoms with Crippen molar-refractivity contribution in [2.24, 2.45) is 28.6 Å². The predicted molar refractivity (Wildman–Crippen MR) is 104 cm³/mol. The summed E-state index contributed by atoms with van der Waals surface area (Å²) in [6.07, 6.45) is 16.8. The minimum atomic E-state index is 0.506. The van der Waals surface area contributed by atoms with E-state index in [1.54, 1.807) is 11.1 Å². The van der Waals surface area contributed by atoms with E-state index in [9.17, 15) is 0 Å². The van der Waals surface area contributed by atoms with Gasteiger partial charge in [0.15, 0.2) is 0 Å². The van der Waals surface area contributed by atoms with Crippen molar-refractivity contribution in [2.75, 3.05) is 0 Å². The Morgan fingerprint density at radius 2 is 1.75 bits per heavy atom. The molecule has 2 fully saturated rings. The zero-order valence-electron chi connectivity index (χ0n) is 16.7. The molecule has 5 atom stereocenters. The molecular weight excluding hydrogens is 292 g/mol. The van der Waals surface area contributed by atoms with Gasteiger partial charge in [-0.15, -0.1) is 0 Å². The minimum Gasteiger partial charge on any atom is -0.307 e. The molecule has 2 saturated carbocycles. The Labute approximate surface area is 150 Å². The third-order valence-corrected chi connectivity index (χ3v) is 7.75. The Morgan fingerprint density at radius 1 is 1.04 bits per heavy atom. The maximum absolute atomic E-state index is 8.00. The molecule has 0 bridgehead atoms. The summed E-state index contributed by atoms with van der Waals surface area (Å²) in [5.41, 5.74) is 4.51. The molecule has 24 heavy (non-hydrogen) atoms. The lowest BCUT2D eigenvalue weighted by Gasteiger charge is -2.56. The highest BCUT2D eigenvalue weighted by Gasteiger charge is 2.54. The first kappa shape index (κ1) is 19.5. The first-order chi connectivity index (χ1) is 11.5. The molecule has 0 spiro atoms. The molecule has 4 aliphatic carbocycles. The molecule has 4 aliphatic rings. The fourth-order valence-electron chi connectivity index (χ4n) is 6.46. The van der Waals surface area contributed by atoms with Gasteiger partial charge in [0.1, 0.15) is 6.79 Å². The topological polar surface area (TPSA) is 17.1 Å². The molecule has 0 aromatic rings. The van der Waals surface area contributed by atoms with Crippen molar-refractivity contribution in [2.45, 2.75) is 86.0 Å². The van der Waals surface area contributed by atoms with E-state index >= 15 is 0 Å². The summed E-state index contributed by atoms with van der Waals surface area (Å²) in [6.45, 7) is 13.5. The van der Waals surface area contributed by atoms with Gasteiger partial charge in [-0.2, -0.15) is 0 Å². The molecular formula is C23H38O. The van der Waals surface area contributed by atoms with Gasteiger partial charge in [-0.3, -0.25) is 0 Å². The molecule has 1 nitrogen and oxygen atoms in total. The number of hydrogen-bond donors (Lipinski definition) is 0. The highest BCUT2D eigenvalue weighted by Crippen LogP contribution is 2.64. The standard InChI is InChI=1S/C20H30.C2H6.CH2O/c1-14-8-12-20(3)15(13-14)6-7-16-17-5-4-10-19(17,2)11-9-18(16)20;2*1-2/h6,13,16-18H,4-5,7-12H2,1-3H3;1-2H3;1H2. The normalized spacial score (nSPS) is 42.6. The Morgan fingerprint density at radius 3 is 2.46 bits per heavy atom. The monoisotopic (exact) mass is 330 g/mol. The maximum Gasteiger partial charge on any atom is 0.106 e. The molecule has 4 rings (SSSR count). The van der Waals surface area contributed by atoms with Crippen molar-refractivity contribution in [3.8, 4) is 0 Å². The molecule has 0 heterocycles. The average molecular weight is 331 g/mol. The Hall–Kier alpha value is -0.850. The van der Waals surface area contributed by atoms with Gasteiger partial charge in [-0.05, 0) is 86.0 Å². The maximum atomic E-state index is 8.00. The third kappa shape index (κ3) is 3.04. The minimum absolute atomic E-state index is 0.506. The molecule has 0 aromatic heterocycles. The molecule has 0 N–H and O–H groups in total. The van der Waals surface area contributed by atoms with E-state index in [4.69, 9.17) is 4.79 Å². The second-order valence-corrected chi connectivity index (χ2v) is 8.77. The predicted octanol–water partition coefficient (Wildman–Crippen LogP) is 6.74. The van der Waals surface area contributed by atoms with Crippen molar-refractivity contribution in [3.63, 3.8) is 0 Å². The van der Waals surface area contributed by atoms with Crippen LogP contribution in [0.25, 0.3) is 0 Å². The zero-order chi connectivity index (χ0) is 18.0. The average Bonchev–Trinajstić information content (AvgIpc) is 3.01. The van der Waals surface area contributed by atoms with Crippen LogP contribution in [0.5, 0.6) is 0 Å². The number of fused-ring (bicyclic) bond motifs is 5. The molecule has 136 valence electrons. The lowest BCUT2D eigenvalue weighted by molar-refractivity contribution is -0.0979. The first-order valence-corrected chi connectivity index (χ1v) is 10.2. The van der Waals surface area contributed by atoms with Gasteiger partial charge in [0.05, 0.1) is 0 Å². The van der Waals surface area contributed by atoms with Gasteiger partial charge in [0.2, 0.25) is 0 Å². The van der Waals surface area contributed by atoms with Gasteiger partial charge in [0.25, 0.3) is 0 Å². The van der Waals surface area contributed by atoms with Crippen molar-refractivity contribution >= 4 is 6.79 Å². The van der Waals surface area contributed by atoms with Crippen LogP contribution < -0.4 is 0 Å². The molecule has 1 heteroatoms. The van der Waals surface area contributed by atoms with Crippen LogP contribution in [0.4, 0.5) is 0 Å². The zero-order valence-corrected chi connectivity index (χ0v) is 16.7. The van der Waals surface area contributed by atoms with Gasteiger partial charge in [0, 0.05) is 0 Å². The van der Waals surface area contributed by atoms with Crippen molar-refractivity contribution in [1.82, 2.24) is 0 Å². The van der Waals surface area contributed by atoms with Crippen LogP contribution in [0.1, 0.15) is 86.0 Å². The summed E-state index contributed by atoms with van der Waals surface area (Å²) in [5, 5.41) is 0. The number of rotatable bonds is 0. The van der Waals surface area contributed by atoms with Crippen LogP contribution >= 0.6 is 0 Å². The molecule has 0 aromatic carbocycles. The summed E-state index contributed by atoms with van der Waals surface area (Å²) in [7, 11) is 0. The smallest absolute Gasteiger partial charge is 0.106 e. The van der Waals surface area contributed by atoms with E-state index in [0.29, 0.717) is 10.8 Å². The summed E-state index contributed by atoms with van der Waals surface area (Å²) >= 11 is 0. The SMILES string of the molecule is C=O.CC.CC1=CC2=CCC3C4CCCC4(C)CCC3C2(C)CC1. The molecule has 0 amide bonds. The molecule has 0 radical (unpaired) electrons. The van der Waals surface area contributed by atoms with Gasteiger partial charge < -0.3 is 4.79 Å². The first-order valence-electron chi connectivity index (χ1n) is 10.2. The largest absolute Gasteiger partial charge is 0.307 e. The van der Waals surface area contributed by atoms with E-state index < -0.39 is 0 Å². The molecule has 0 saturated heterocycles. The van der Waals surface area contributed by atoms with Crippen LogP contribution in [0.3, 0.4) is 0 Å². The third-order valence-electron chi connectivity index (χ3n) is 7.75. The number of carbonyl (C=O) groups excluding carboxylic acids is 1. The van der Waals surface area contributed by atoms with Crippen molar-refractivity contribution in [1.29, 1.82) is 0 Å². The van der Waals surface area contributed by atoms with E-state index in [0.717, 1.165) is 17.8 Å². The Balaban J connectivity index is 0.000000487. The van der Waals surface area contributed by atoms with E-state index in [1.807, 2.05) is 20.6 Å². The number of carbonyl (C=O) groups is 1. The van der Waals surface area contributed by atoms with Crippen LogP contribution in [0.15, 0.2) is 23.3 Å². The van der Waals surface area contributed by atoms with Crippen molar-refractivity contribution in [3.05, 3.63) is 23.3 Å². The molecule has 5 unspecified atom stereocenters. The quantitative estimate of drug-likeness (QED) is 0.481.